The summed E-state index contributed by atoms with van der Waals surface area (Å²) in [6.45, 7) is 1.72. The molecule has 1 N–H and O–H groups in total. The Hall–Kier alpha value is -1.92. The van der Waals surface area contributed by atoms with E-state index in [-0.39, 0.29) is 0 Å². The van der Waals surface area contributed by atoms with Crippen LogP contribution in [0, 0.1) is 0 Å². The van der Waals surface area contributed by atoms with Gasteiger partial charge >= 0.3 is 0 Å². The lowest BCUT2D eigenvalue weighted by atomic mass is 10.2. The molecule has 0 aromatic carbocycles. The van der Waals surface area contributed by atoms with E-state index in [0.29, 0.717) is 0 Å². The molecular weight excluding hydrogens is 260 g/mol. The molecule has 1 atom stereocenters. The highest BCUT2D eigenvalue weighted by Crippen LogP contribution is 2.25. The fraction of sp³-hybridized carbons (Fsp3) is 0.154. The first-order valence-electron chi connectivity index (χ1n) is 5.85. The number of fused-ring (bicyclic) bond motifs is 1. The predicted octanol–water partition coefficient (Wildman–Crippen LogP) is 2.33. The highest BCUT2D eigenvalue weighted by molar-refractivity contribution is 7.99. The largest absolute Gasteiger partial charge is 0.389 e. The molecule has 0 aliphatic carbocycles. The third-order valence-corrected chi connectivity index (χ3v) is 3.63. The molecule has 5 nitrogen and oxygen atoms in total. The van der Waals surface area contributed by atoms with Gasteiger partial charge in [0.1, 0.15) is 5.03 Å². The van der Waals surface area contributed by atoms with Gasteiger partial charge in [-0.25, -0.2) is 4.98 Å². The third-order valence-electron chi connectivity index (χ3n) is 2.72. The number of rotatable bonds is 3. The Kier molecular flexibility index (Phi) is 3.18. The monoisotopic (exact) mass is 272 g/mol. The number of hydrogen-bond donors (Lipinski definition) is 1. The summed E-state index contributed by atoms with van der Waals surface area (Å²) in [5, 5.41) is 19.3. The molecule has 0 spiro atoms. The molecule has 96 valence electrons. The highest BCUT2D eigenvalue weighted by atomic mass is 32.2. The SMILES string of the molecule is CC(O)c1ccc(Sc2nnc3ccccn23)nc1. The van der Waals surface area contributed by atoms with Gasteiger partial charge in [0, 0.05) is 12.4 Å². The predicted molar refractivity (Wildman–Crippen MR) is 72.0 cm³/mol. The third kappa shape index (κ3) is 2.45. The standard InChI is InChI=1S/C13H12N4OS/c1-9(18)10-5-6-12(14-8-10)19-13-16-15-11-4-2-3-7-17(11)13/h2-9,18H,1H3. The van der Waals surface area contributed by atoms with Crippen LogP contribution in [-0.4, -0.2) is 24.7 Å². The molecule has 1 unspecified atom stereocenters. The van der Waals surface area contributed by atoms with Crippen molar-refractivity contribution >= 4 is 17.4 Å². The van der Waals surface area contributed by atoms with Crippen LogP contribution in [0.5, 0.6) is 0 Å². The molecule has 3 aromatic rings. The number of nitrogens with zero attached hydrogens (tertiary/aromatic N) is 4. The minimum Gasteiger partial charge on any atom is -0.389 e. The van der Waals surface area contributed by atoms with Crippen LogP contribution in [0.25, 0.3) is 5.65 Å². The average molecular weight is 272 g/mol. The van der Waals surface area contributed by atoms with Crippen LogP contribution < -0.4 is 0 Å². The zero-order valence-corrected chi connectivity index (χ0v) is 11.1. The van der Waals surface area contributed by atoms with Gasteiger partial charge < -0.3 is 5.11 Å². The van der Waals surface area contributed by atoms with E-state index in [1.54, 1.807) is 13.1 Å². The lowest BCUT2D eigenvalue weighted by Gasteiger charge is -2.04. The van der Waals surface area contributed by atoms with E-state index < -0.39 is 6.10 Å². The Balaban J connectivity index is 1.88. The first-order valence-corrected chi connectivity index (χ1v) is 6.67. The van der Waals surface area contributed by atoms with E-state index in [2.05, 4.69) is 15.2 Å². The molecule has 3 heterocycles. The zero-order valence-electron chi connectivity index (χ0n) is 10.3. The summed E-state index contributed by atoms with van der Waals surface area (Å²) in [7, 11) is 0. The second-order valence-corrected chi connectivity index (χ2v) is 5.11. The summed E-state index contributed by atoms with van der Waals surface area (Å²) in [6, 6.07) is 9.50. The van der Waals surface area contributed by atoms with E-state index in [1.807, 2.05) is 40.9 Å². The number of pyridine rings is 2. The second kappa shape index (κ2) is 4.99. The van der Waals surface area contributed by atoms with Gasteiger partial charge in [0.05, 0.1) is 6.10 Å². The summed E-state index contributed by atoms with van der Waals surface area (Å²) < 4.78 is 1.91. The van der Waals surface area contributed by atoms with Crippen molar-refractivity contribution in [3.63, 3.8) is 0 Å². The molecule has 0 saturated heterocycles. The molecule has 0 saturated carbocycles. The summed E-state index contributed by atoms with van der Waals surface area (Å²) in [5.74, 6) is 0. The topological polar surface area (TPSA) is 63.3 Å². The summed E-state index contributed by atoms with van der Waals surface area (Å²) in [5.41, 5.74) is 1.61. The van der Waals surface area contributed by atoms with Crippen LogP contribution in [0.4, 0.5) is 0 Å². The second-order valence-electron chi connectivity index (χ2n) is 4.12. The molecule has 3 rings (SSSR count). The van der Waals surface area contributed by atoms with Gasteiger partial charge in [0.15, 0.2) is 5.65 Å². The van der Waals surface area contributed by atoms with Gasteiger partial charge in [-0.05, 0) is 42.4 Å². The Morgan fingerprint density at radius 2 is 2.11 bits per heavy atom. The van der Waals surface area contributed by atoms with Crippen molar-refractivity contribution in [3.05, 3.63) is 48.3 Å². The van der Waals surface area contributed by atoms with E-state index in [0.717, 1.165) is 21.4 Å². The van der Waals surface area contributed by atoms with Crippen LogP contribution in [0.1, 0.15) is 18.6 Å². The Labute approximate surface area is 114 Å². The first kappa shape index (κ1) is 12.1. The van der Waals surface area contributed by atoms with Crippen molar-refractivity contribution in [2.45, 2.75) is 23.2 Å². The molecule has 0 radical (unpaired) electrons. The lowest BCUT2D eigenvalue weighted by Crippen LogP contribution is -1.93. The maximum atomic E-state index is 9.44. The molecule has 0 amide bonds. The van der Waals surface area contributed by atoms with Crippen LogP contribution >= 0.6 is 11.8 Å². The number of aliphatic hydroxyl groups is 1. The van der Waals surface area contributed by atoms with Crippen molar-refractivity contribution in [1.29, 1.82) is 0 Å². The maximum Gasteiger partial charge on any atom is 0.201 e. The van der Waals surface area contributed by atoms with E-state index in [4.69, 9.17) is 0 Å². The highest BCUT2D eigenvalue weighted by Gasteiger charge is 2.08. The molecule has 19 heavy (non-hydrogen) atoms. The van der Waals surface area contributed by atoms with Crippen LogP contribution in [0.3, 0.4) is 0 Å². The molecule has 0 aliphatic heterocycles. The quantitative estimate of drug-likeness (QED) is 0.792. The Bertz CT molecular complexity index is 693. The van der Waals surface area contributed by atoms with E-state index in [1.165, 1.54) is 11.8 Å². The normalized spacial score (nSPS) is 12.7. The average Bonchev–Trinajstić information content (AvgIpc) is 2.83. The van der Waals surface area contributed by atoms with Gasteiger partial charge in [0.25, 0.3) is 0 Å². The summed E-state index contributed by atoms with van der Waals surface area (Å²) in [4.78, 5) is 4.30. The summed E-state index contributed by atoms with van der Waals surface area (Å²) >= 11 is 1.44. The van der Waals surface area contributed by atoms with Gasteiger partial charge in [-0.15, -0.1) is 10.2 Å². The van der Waals surface area contributed by atoms with Gasteiger partial charge in [0.2, 0.25) is 5.16 Å². The summed E-state index contributed by atoms with van der Waals surface area (Å²) in [6.07, 6.45) is 3.10. The van der Waals surface area contributed by atoms with Crippen LogP contribution in [0.2, 0.25) is 0 Å². The van der Waals surface area contributed by atoms with Crippen molar-refractivity contribution in [2.24, 2.45) is 0 Å². The number of aromatic nitrogens is 4. The van der Waals surface area contributed by atoms with Crippen molar-refractivity contribution < 1.29 is 5.11 Å². The van der Waals surface area contributed by atoms with Crippen LogP contribution in [-0.2, 0) is 0 Å². The number of aliphatic hydroxyl groups excluding tert-OH is 1. The fourth-order valence-corrected chi connectivity index (χ4v) is 2.44. The first-order chi connectivity index (χ1) is 9.24. The number of hydrogen-bond acceptors (Lipinski definition) is 5. The van der Waals surface area contributed by atoms with Gasteiger partial charge in [-0.1, -0.05) is 12.1 Å². The maximum absolute atomic E-state index is 9.44. The van der Waals surface area contributed by atoms with Crippen molar-refractivity contribution in [3.8, 4) is 0 Å². The molecular formula is C13H12N4OS. The van der Waals surface area contributed by atoms with E-state index >= 15 is 0 Å². The van der Waals surface area contributed by atoms with Crippen molar-refractivity contribution in [1.82, 2.24) is 19.6 Å². The van der Waals surface area contributed by atoms with E-state index in [9.17, 15) is 5.11 Å². The zero-order chi connectivity index (χ0) is 13.2. The molecule has 0 fully saturated rings. The molecule has 0 bridgehead atoms. The fourth-order valence-electron chi connectivity index (χ4n) is 1.68. The minimum absolute atomic E-state index is 0.500. The molecule has 0 aliphatic rings. The Morgan fingerprint density at radius 3 is 2.84 bits per heavy atom. The molecule has 6 heteroatoms. The Morgan fingerprint density at radius 1 is 1.21 bits per heavy atom. The van der Waals surface area contributed by atoms with Gasteiger partial charge in [-0.3, -0.25) is 4.40 Å². The van der Waals surface area contributed by atoms with Gasteiger partial charge in [-0.2, -0.15) is 0 Å². The molecule has 3 aromatic heterocycles. The van der Waals surface area contributed by atoms with Crippen LogP contribution in [0.15, 0.2) is 52.9 Å². The smallest absolute Gasteiger partial charge is 0.201 e. The lowest BCUT2D eigenvalue weighted by molar-refractivity contribution is 0.198. The van der Waals surface area contributed by atoms with Crippen molar-refractivity contribution in [2.75, 3.05) is 0 Å². The minimum atomic E-state index is -0.500.